The minimum atomic E-state index is -0.990. The molecule has 1 aliphatic rings. The molecule has 1 aliphatic heterocycles. The molecule has 0 saturated carbocycles. The molecule has 0 aromatic carbocycles. The highest BCUT2D eigenvalue weighted by Crippen LogP contribution is 2.18. The summed E-state index contributed by atoms with van der Waals surface area (Å²) in [7, 11) is 0. The molecule has 1 unspecified atom stereocenters. The summed E-state index contributed by atoms with van der Waals surface area (Å²) >= 11 is 5.23. The third-order valence-electron chi connectivity index (χ3n) is 2.20. The van der Waals surface area contributed by atoms with Gasteiger partial charge in [-0.05, 0) is 19.3 Å². The van der Waals surface area contributed by atoms with Crippen LogP contribution in [0.5, 0.6) is 0 Å². The van der Waals surface area contributed by atoms with Gasteiger partial charge in [-0.1, -0.05) is 11.6 Å². The molecule has 1 rings (SSSR count). The first kappa shape index (κ1) is 11.1. The van der Waals surface area contributed by atoms with E-state index < -0.39 is 18.1 Å². The molecule has 1 N–H and O–H groups in total. The fourth-order valence-corrected chi connectivity index (χ4v) is 1.63. The third kappa shape index (κ3) is 2.51. The van der Waals surface area contributed by atoms with Crippen molar-refractivity contribution in [1.29, 1.82) is 0 Å². The molecule has 0 aromatic rings. The molecule has 5 nitrogen and oxygen atoms in total. The Hall–Kier alpha value is -0.970. The Balaban J connectivity index is 2.62. The summed E-state index contributed by atoms with van der Waals surface area (Å²) in [6, 6.07) is -1.01. The first-order valence-electron chi connectivity index (χ1n) is 4.39. The van der Waals surface area contributed by atoms with Gasteiger partial charge in [0.05, 0.1) is 0 Å². The van der Waals surface area contributed by atoms with Crippen LogP contribution in [-0.2, 0) is 9.53 Å². The van der Waals surface area contributed by atoms with Crippen LogP contribution in [0, 0.1) is 0 Å². The first-order valence-corrected chi connectivity index (χ1v) is 4.92. The maximum Gasteiger partial charge on any atom is 0.411 e. The summed E-state index contributed by atoms with van der Waals surface area (Å²) in [5.41, 5.74) is 0. The van der Waals surface area contributed by atoms with Crippen LogP contribution in [0.25, 0.3) is 0 Å². The lowest BCUT2D eigenvalue weighted by Gasteiger charge is -2.31. The van der Waals surface area contributed by atoms with Gasteiger partial charge in [-0.3, -0.25) is 4.90 Å². The molecule has 0 aliphatic carbocycles. The molecular formula is C8H12ClNO4. The predicted molar refractivity (Wildman–Crippen MR) is 49.2 cm³/mol. The topological polar surface area (TPSA) is 66.8 Å². The number of nitrogens with zero attached hydrogens (tertiary/aromatic N) is 1. The molecule has 1 amide bonds. The lowest BCUT2D eigenvalue weighted by Crippen LogP contribution is -2.48. The van der Waals surface area contributed by atoms with Crippen LogP contribution in [0.4, 0.5) is 4.79 Å². The Kier molecular flexibility index (Phi) is 4.00. The van der Waals surface area contributed by atoms with Crippen LogP contribution in [0.15, 0.2) is 0 Å². The highest BCUT2D eigenvalue weighted by molar-refractivity contribution is 6.17. The summed E-state index contributed by atoms with van der Waals surface area (Å²) in [4.78, 5) is 23.3. The summed E-state index contributed by atoms with van der Waals surface area (Å²) < 4.78 is 4.55. The van der Waals surface area contributed by atoms with Crippen LogP contribution in [-0.4, -0.2) is 40.7 Å². The molecule has 1 saturated heterocycles. The maximum absolute atomic E-state index is 11.3. The van der Waals surface area contributed by atoms with E-state index in [1.165, 1.54) is 4.90 Å². The minimum Gasteiger partial charge on any atom is -0.480 e. The quantitative estimate of drug-likeness (QED) is 0.713. The van der Waals surface area contributed by atoms with Gasteiger partial charge in [0.1, 0.15) is 6.04 Å². The number of ether oxygens (including phenoxy) is 1. The second-order valence-electron chi connectivity index (χ2n) is 3.06. The van der Waals surface area contributed by atoms with Crippen molar-refractivity contribution in [1.82, 2.24) is 4.90 Å². The molecule has 0 radical (unpaired) electrons. The number of likely N-dealkylation sites (tertiary alicyclic amines) is 1. The van der Waals surface area contributed by atoms with Gasteiger partial charge < -0.3 is 9.84 Å². The van der Waals surface area contributed by atoms with Crippen molar-refractivity contribution in [2.75, 3.05) is 12.6 Å². The van der Waals surface area contributed by atoms with Gasteiger partial charge in [0.15, 0.2) is 6.07 Å². The van der Waals surface area contributed by atoms with Crippen molar-refractivity contribution in [2.45, 2.75) is 25.3 Å². The highest BCUT2D eigenvalue weighted by Gasteiger charge is 2.32. The smallest absolute Gasteiger partial charge is 0.411 e. The Morgan fingerprint density at radius 3 is 2.79 bits per heavy atom. The number of hydrogen-bond acceptors (Lipinski definition) is 3. The first-order chi connectivity index (χ1) is 6.66. The third-order valence-corrected chi connectivity index (χ3v) is 2.31. The Morgan fingerprint density at radius 2 is 2.21 bits per heavy atom. The van der Waals surface area contributed by atoms with E-state index in [0.29, 0.717) is 13.0 Å². The van der Waals surface area contributed by atoms with Crippen molar-refractivity contribution in [3.8, 4) is 0 Å². The van der Waals surface area contributed by atoms with E-state index in [0.717, 1.165) is 12.8 Å². The normalized spacial score (nSPS) is 21.8. The summed E-state index contributed by atoms with van der Waals surface area (Å²) in [5, 5.41) is 8.84. The van der Waals surface area contributed by atoms with Gasteiger partial charge >= 0.3 is 12.1 Å². The minimum absolute atomic E-state index is 0.248. The number of piperidine rings is 1. The van der Waals surface area contributed by atoms with Gasteiger partial charge in [-0.2, -0.15) is 0 Å². The average Bonchev–Trinajstić information content (AvgIpc) is 2.18. The number of amides is 1. The number of rotatable bonds is 2. The second-order valence-corrected chi connectivity index (χ2v) is 3.28. The Morgan fingerprint density at radius 1 is 1.50 bits per heavy atom. The average molecular weight is 222 g/mol. The second kappa shape index (κ2) is 5.05. The number of aliphatic carboxylic acids is 1. The van der Waals surface area contributed by atoms with Crippen molar-refractivity contribution < 1.29 is 19.4 Å². The Labute approximate surface area is 86.6 Å². The number of carbonyl (C=O) groups is 2. The van der Waals surface area contributed by atoms with Crippen molar-refractivity contribution >= 4 is 23.7 Å². The van der Waals surface area contributed by atoms with Crippen LogP contribution >= 0.6 is 11.6 Å². The lowest BCUT2D eigenvalue weighted by atomic mass is 10.0. The highest BCUT2D eigenvalue weighted by atomic mass is 35.5. The molecule has 1 atom stereocenters. The molecule has 80 valence electrons. The number of alkyl halides is 1. The van der Waals surface area contributed by atoms with Gasteiger partial charge in [0.2, 0.25) is 0 Å². The van der Waals surface area contributed by atoms with Crippen LogP contribution in [0.3, 0.4) is 0 Å². The number of hydrogen-bond donors (Lipinski definition) is 1. The zero-order valence-electron chi connectivity index (χ0n) is 7.61. The molecule has 1 fully saturated rings. The lowest BCUT2D eigenvalue weighted by molar-refractivity contribution is -0.143. The molecule has 0 aromatic heterocycles. The van der Waals surface area contributed by atoms with E-state index in [4.69, 9.17) is 16.7 Å². The van der Waals surface area contributed by atoms with Crippen molar-refractivity contribution in [3.05, 3.63) is 0 Å². The van der Waals surface area contributed by atoms with Gasteiger partial charge in [0.25, 0.3) is 0 Å². The molecular weight excluding hydrogens is 210 g/mol. The van der Waals surface area contributed by atoms with Gasteiger partial charge in [0, 0.05) is 6.54 Å². The molecule has 6 heteroatoms. The fraction of sp³-hybridized carbons (Fsp3) is 0.750. The zero-order valence-corrected chi connectivity index (χ0v) is 8.37. The number of carboxylic acids is 1. The van der Waals surface area contributed by atoms with Gasteiger partial charge in [-0.25, -0.2) is 9.59 Å². The van der Waals surface area contributed by atoms with E-state index >= 15 is 0 Å². The zero-order chi connectivity index (χ0) is 10.6. The standard InChI is InChI=1S/C8H12ClNO4/c9-5-14-8(13)10-4-2-1-3-6(10)7(11)12/h6H,1-5H2,(H,11,12). The van der Waals surface area contributed by atoms with E-state index in [9.17, 15) is 9.59 Å². The molecule has 0 spiro atoms. The molecule has 14 heavy (non-hydrogen) atoms. The Bertz CT molecular complexity index is 233. The molecule has 1 heterocycles. The SMILES string of the molecule is O=C(O)C1CCCCN1C(=O)OCCl. The summed E-state index contributed by atoms with van der Waals surface area (Å²) in [6.45, 7) is 0.423. The van der Waals surface area contributed by atoms with Crippen molar-refractivity contribution in [3.63, 3.8) is 0 Å². The fourth-order valence-electron chi connectivity index (χ4n) is 1.54. The van der Waals surface area contributed by atoms with E-state index in [1.807, 2.05) is 0 Å². The summed E-state index contributed by atoms with van der Waals surface area (Å²) in [5.74, 6) is -0.990. The van der Waals surface area contributed by atoms with E-state index in [2.05, 4.69) is 4.74 Å². The van der Waals surface area contributed by atoms with Crippen LogP contribution < -0.4 is 0 Å². The number of carbonyl (C=O) groups excluding carboxylic acids is 1. The van der Waals surface area contributed by atoms with Crippen LogP contribution in [0.2, 0.25) is 0 Å². The van der Waals surface area contributed by atoms with Gasteiger partial charge in [-0.15, -0.1) is 0 Å². The summed E-state index contributed by atoms with van der Waals surface area (Å²) in [6.07, 6.45) is 1.46. The maximum atomic E-state index is 11.3. The molecule has 0 bridgehead atoms. The van der Waals surface area contributed by atoms with Crippen LogP contribution in [0.1, 0.15) is 19.3 Å². The van der Waals surface area contributed by atoms with Crippen molar-refractivity contribution in [2.24, 2.45) is 0 Å². The number of carboxylic acid groups (broad SMARTS) is 1. The number of halogens is 1. The van der Waals surface area contributed by atoms with E-state index in [1.54, 1.807) is 0 Å². The van der Waals surface area contributed by atoms with E-state index in [-0.39, 0.29) is 6.07 Å². The monoisotopic (exact) mass is 221 g/mol. The predicted octanol–water partition coefficient (Wildman–Crippen LogP) is 1.26. The largest absolute Gasteiger partial charge is 0.480 e.